The minimum absolute atomic E-state index is 0.209. The number of aryl methyl sites for hydroxylation is 2. The van der Waals surface area contributed by atoms with Crippen molar-refractivity contribution < 1.29 is 13.9 Å². The van der Waals surface area contributed by atoms with Crippen molar-refractivity contribution in [1.29, 1.82) is 0 Å². The Morgan fingerprint density at radius 2 is 2.09 bits per heavy atom. The summed E-state index contributed by atoms with van der Waals surface area (Å²) in [4.78, 5) is 14.0. The van der Waals surface area contributed by atoms with E-state index in [4.69, 9.17) is 18.8 Å². The van der Waals surface area contributed by atoms with Crippen molar-refractivity contribution in [2.45, 2.75) is 52.6 Å². The molecule has 0 unspecified atom stereocenters. The first-order chi connectivity index (χ1) is 16.5. The fourth-order valence-corrected chi connectivity index (χ4v) is 4.84. The van der Waals surface area contributed by atoms with Gasteiger partial charge in [-0.3, -0.25) is 4.98 Å². The zero-order chi connectivity index (χ0) is 23.7. The average molecular weight is 462 g/mol. The van der Waals surface area contributed by atoms with Crippen LogP contribution < -0.4 is 10.6 Å². The van der Waals surface area contributed by atoms with Gasteiger partial charge in [0.05, 0.1) is 30.3 Å². The first kappa shape index (κ1) is 22.4. The maximum Gasteiger partial charge on any atom is 0.225 e. The van der Waals surface area contributed by atoms with Crippen LogP contribution in [-0.2, 0) is 13.0 Å². The number of pyridine rings is 1. The van der Waals surface area contributed by atoms with E-state index in [0.29, 0.717) is 30.1 Å². The van der Waals surface area contributed by atoms with E-state index in [-0.39, 0.29) is 12.6 Å². The number of furan rings is 2. The Hall–Kier alpha value is -3.39. The van der Waals surface area contributed by atoms with E-state index >= 15 is 0 Å². The Morgan fingerprint density at radius 1 is 1.21 bits per heavy atom. The maximum absolute atomic E-state index is 9.68. The monoisotopic (exact) mass is 461 g/mol. The summed E-state index contributed by atoms with van der Waals surface area (Å²) in [6.07, 6.45) is 6.20. The van der Waals surface area contributed by atoms with Gasteiger partial charge in [0.2, 0.25) is 5.95 Å². The molecule has 1 aliphatic rings. The first-order valence-corrected chi connectivity index (χ1v) is 11.9. The Bertz CT molecular complexity index is 1270. The number of aliphatic hydroxyl groups is 1. The number of aromatic nitrogens is 3. The lowest BCUT2D eigenvalue weighted by Crippen LogP contribution is -2.24. The molecule has 1 fully saturated rings. The second-order valence-electron chi connectivity index (χ2n) is 9.21. The number of rotatable bonds is 8. The second kappa shape index (κ2) is 9.46. The van der Waals surface area contributed by atoms with E-state index in [0.717, 1.165) is 58.8 Å². The van der Waals surface area contributed by atoms with Crippen LogP contribution in [0.5, 0.6) is 0 Å². The Kier molecular flexibility index (Phi) is 6.24. The predicted octanol–water partition coefficient (Wildman–Crippen LogP) is 5.18. The molecular formula is C26H31N5O3. The summed E-state index contributed by atoms with van der Waals surface area (Å²) < 4.78 is 11.6. The number of aliphatic hydroxyl groups excluding tert-OH is 1. The van der Waals surface area contributed by atoms with Crippen LogP contribution in [0.1, 0.15) is 43.8 Å². The van der Waals surface area contributed by atoms with E-state index in [2.05, 4.69) is 35.5 Å². The smallest absolute Gasteiger partial charge is 0.225 e. The molecule has 34 heavy (non-hydrogen) atoms. The third-order valence-electron chi connectivity index (χ3n) is 6.72. The molecule has 0 amide bonds. The minimum atomic E-state index is 0.209. The Morgan fingerprint density at radius 3 is 2.82 bits per heavy atom. The molecule has 4 heterocycles. The summed E-state index contributed by atoms with van der Waals surface area (Å²) in [6, 6.07) is 8.09. The summed E-state index contributed by atoms with van der Waals surface area (Å²) in [6.45, 7) is 6.98. The first-order valence-electron chi connectivity index (χ1n) is 11.9. The van der Waals surface area contributed by atoms with Crippen LogP contribution in [0, 0.1) is 18.8 Å². The molecule has 3 N–H and O–H groups in total. The van der Waals surface area contributed by atoms with Crippen LogP contribution in [0.15, 0.2) is 45.6 Å². The van der Waals surface area contributed by atoms with Crippen molar-refractivity contribution in [1.82, 2.24) is 15.0 Å². The predicted molar refractivity (Wildman–Crippen MR) is 132 cm³/mol. The molecule has 0 bridgehead atoms. The molecule has 178 valence electrons. The molecule has 0 aromatic carbocycles. The van der Waals surface area contributed by atoms with Crippen molar-refractivity contribution in [3.05, 3.63) is 53.9 Å². The highest BCUT2D eigenvalue weighted by molar-refractivity contribution is 5.86. The van der Waals surface area contributed by atoms with Gasteiger partial charge in [-0.2, -0.15) is 4.98 Å². The SMILES string of the molecule is CCc1cc2cc(-c3c(C)nc(NCc4ccco4)nc3N[C@@H]3C[C@H](CO)C[C@H]3C)oc2cn1. The molecule has 1 saturated carbocycles. The van der Waals surface area contributed by atoms with Crippen LogP contribution in [-0.4, -0.2) is 32.7 Å². The number of hydrogen-bond acceptors (Lipinski definition) is 8. The lowest BCUT2D eigenvalue weighted by molar-refractivity contribution is 0.226. The fourth-order valence-electron chi connectivity index (χ4n) is 4.84. The standard InChI is InChI=1S/C26H31N5O3/c1-4-19-10-18-11-22(34-23(18)13-27-19)24-16(3)29-26(28-12-20-6-5-7-33-20)31-25(24)30-21-9-17(14-32)8-15(21)2/h5-7,10-11,13,15,17,21,32H,4,8-9,12,14H2,1-3H3,(H2,28,29,30,31)/t15-,17-,21-/m1/s1. The van der Waals surface area contributed by atoms with Gasteiger partial charge in [-0.05, 0) is 62.3 Å². The van der Waals surface area contributed by atoms with Gasteiger partial charge in [-0.15, -0.1) is 0 Å². The van der Waals surface area contributed by atoms with Crippen molar-refractivity contribution in [3.8, 4) is 11.3 Å². The third kappa shape index (κ3) is 4.50. The summed E-state index contributed by atoms with van der Waals surface area (Å²) in [5, 5.41) is 17.6. The van der Waals surface area contributed by atoms with Crippen molar-refractivity contribution >= 4 is 22.7 Å². The summed E-state index contributed by atoms with van der Waals surface area (Å²) in [5.74, 6) is 3.51. The molecule has 8 heteroatoms. The highest BCUT2D eigenvalue weighted by Gasteiger charge is 2.32. The quantitative estimate of drug-likeness (QED) is 0.329. The van der Waals surface area contributed by atoms with Crippen LogP contribution in [0.2, 0.25) is 0 Å². The molecule has 1 aliphatic carbocycles. The van der Waals surface area contributed by atoms with Crippen LogP contribution in [0.3, 0.4) is 0 Å². The topological polar surface area (TPSA) is 109 Å². The molecule has 3 atom stereocenters. The lowest BCUT2D eigenvalue weighted by Gasteiger charge is -2.21. The van der Waals surface area contributed by atoms with Gasteiger partial charge < -0.3 is 24.6 Å². The minimum Gasteiger partial charge on any atom is -0.467 e. The maximum atomic E-state index is 9.68. The van der Waals surface area contributed by atoms with Gasteiger partial charge >= 0.3 is 0 Å². The molecular weight excluding hydrogens is 430 g/mol. The average Bonchev–Trinajstić information content (AvgIpc) is 3.57. The zero-order valence-electron chi connectivity index (χ0n) is 19.8. The van der Waals surface area contributed by atoms with E-state index < -0.39 is 0 Å². The molecule has 8 nitrogen and oxygen atoms in total. The van der Waals surface area contributed by atoms with Crippen molar-refractivity contribution in [2.24, 2.45) is 11.8 Å². The van der Waals surface area contributed by atoms with E-state index in [1.165, 1.54) is 0 Å². The van der Waals surface area contributed by atoms with Gasteiger partial charge in [0.15, 0.2) is 5.58 Å². The van der Waals surface area contributed by atoms with Crippen LogP contribution in [0.25, 0.3) is 22.3 Å². The second-order valence-corrected chi connectivity index (χ2v) is 9.21. The fraction of sp³-hybridized carbons (Fsp3) is 0.423. The molecule has 5 rings (SSSR count). The highest BCUT2D eigenvalue weighted by atomic mass is 16.3. The van der Waals surface area contributed by atoms with Crippen LogP contribution in [0.4, 0.5) is 11.8 Å². The molecule has 0 aliphatic heterocycles. The number of anilines is 2. The Labute approximate surface area is 198 Å². The van der Waals surface area contributed by atoms with Gasteiger partial charge in [0, 0.05) is 23.7 Å². The largest absolute Gasteiger partial charge is 0.467 e. The number of nitrogens with zero attached hydrogens (tertiary/aromatic N) is 3. The van der Waals surface area contributed by atoms with E-state index in [9.17, 15) is 5.11 Å². The summed E-state index contributed by atoms with van der Waals surface area (Å²) in [7, 11) is 0. The molecule has 0 saturated heterocycles. The van der Waals surface area contributed by atoms with E-state index in [1.807, 2.05) is 25.1 Å². The number of fused-ring (bicyclic) bond motifs is 1. The Balaban J connectivity index is 1.52. The summed E-state index contributed by atoms with van der Waals surface area (Å²) in [5.41, 5.74) is 3.43. The van der Waals surface area contributed by atoms with Gasteiger partial charge in [0.25, 0.3) is 0 Å². The number of nitrogens with one attached hydrogen (secondary N) is 2. The van der Waals surface area contributed by atoms with Gasteiger partial charge in [-0.1, -0.05) is 13.8 Å². The van der Waals surface area contributed by atoms with Crippen molar-refractivity contribution in [3.63, 3.8) is 0 Å². The molecule has 0 radical (unpaired) electrons. The normalized spacial score (nSPS) is 20.2. The molecule has 4 aromatic rings. The zero-order valence-corrected chi connectivity index (χ0v) is 19.8. The lowest BCUT2D eigenvalue weighted by atomic mass is 10.1. The van der Waals surface area contributed by atoms with Crippen molar-refractivity contribution in [2.75, 3.05) is 17.2 Å². The summed E-state index contributed by atoms with van der Waals surface area (Å²) >= 11 is 0. The van der Waals surface area contributed by atoms with Gasteiger partial charge in [-0.25, -0.2) is 4.98 Å². The van der Waals surface area contributed by atoms with E-state index in [1.54, 1.807) is 12.5 Å². The number of hydrogen-bond donors (Lipinski definition) is 3. The third-order valence-corrected chi connectivity index (χ3v) is 6.72. The van der Waals surface area contributed by atoms with Crippen LogP contribution >= 0.6 is 0 Å². The molecule has 4 aromatic heterocycles. The van der Waals surface area contributed by atoms with Gasteiger partial charge in [0.1, 0.15) is 17.3 Å². The molecule has 0 spiro atoms. The highest BCUT2D eigenvalue weighted by Crippen LogP contribution is 2.38.